The van der Waals surface area contributed by atoms with E-state index in [-0.39, 0.29) is 5.78 Å². The minimum absolute atomic E-state index is 0.275. The summed E-state index contributed by atoms with van der Waals surface area (Å²) in [5.41, 5.74) is 2.78. The van der Waals surface area contributed by atoms with Crippen molar-refractivity contribution in [1.29, 1.82) is 0 Å². The first-order valence-electron chi connectivity index (χ1n) is 6.76. The van der Waals surface area contributed by atoms with E-state index >= 15 is 0 Å². The molecule has 1 unspecified atom stereocenters. The molecule has 0 radical (unpaired) electrons. The maximum atomic E-state index is 11.1. The van der Waals surface area contributed by atoms with Crippen LogP contribution in [0.1, 0.15) is 68.9 Å². The van der Waals surface area contributed by atoms with Crippen molar-refractivity contribution in [3.05, 3.63) is 35.4 Å². The fraction of sp³-hybridized carbons (Fsp3) is 0.562. The van der Waals surface area contributed by atoms with Gasteiger partial charge in [0.15, 0.2) is 0 Å². The van der Waals surface area contributed by atoms with E-state index in [0.29, 0.717) is 12.3 Å². The molecule has 0 saturated heterocycles. The normalized spacial score (nSPS) is 18.2. The van der Waals surface area contributed by atoms with Crippen molar-refractivity contribution >= 4 is 5.78 Å². The second-order valence-electron chi connectivity index (χ2n) is 5.46. The highest BCUT2D eigenvalue weighted by molar-refractivity contribution is 5.76. The summed E-state index contributed by atoms with van der Waals surface area (Å²) in [7, 11) is 0. The number of carbonyl (C=O) groups excluding carboxylic acids is 1. The average molecular weight is 230 g/mol. The van der Waals surface area contributed by atoms with Gasteiger partial charge in [-0.15, -0.1) is 0 Å². The number of carbonyl (C=O) groups is 1. The van der Waals surface area contributed by atoms with Crippen molar-refractivity contribution < 1.29 is 4.79 Å². The number of benzene rings is 1. The smallest absolute Gasteiger partial charge is 0.130 e. The van der Waals surface area contributed by atoms with Crippen LogP contribution in [0, 0.1) is 0 Å². The van der Waals surface area contributed by atoms with Crippen LogP contribution in [0.2, 0.25) is 0 Å². The summed E-state index contributed by atoms with van der Waals surface area (Å²) >= 11 is 0. The summed E-state index contributed by atoms with van der Waals surface area (Å²) in [5.74, 6) is 1.41. The molecular weight excluding hydrogens is 208 g/mol. The van der Waals surface area contributed by atoms with E-state index in [9.17, 15) is 4.79 Å². The molecule has 92 valence electrons. The maximum Gasteiger partial charge on any atom is 0.130 e. The van der Waals surface area contributed by atoms with Gasteiger partial charge in [0.1, 0.15) is 5.78 Å². The van der Waals surface area contributed by atoms with Crippen LogP contribution in [-0.2, 0) is 4.79 Å². The van der Waals surface area contributed by atoms with Crippen molar-refractivity contribution in [2.75, 3.05) is 0 Å². The number of Topliss-reactive ketones (excluding diaryl/α,β-unsaturated/α-hetero) is 1. The summed E-state index contributed by atoms with van der Waals surface area (Å²) in [5, 5.41) is 0. The summed E-state index contributed by atoms with van der Waals surface area (Å²) in [6.45, 7) is 3.80. The molecule has 17 heavy (non-hydrogen) atoms. The minimum Gasteiger partial charge on any atom is -0.300 e. The molecule has 1 aromatic rings. The van der Waals surface area contributed by atoms with Crippen molar-refractivity contribution in [2.24, 2.45) is 0 Å². The number of rotatable bonds is 4. The Labute approximate surface area is 104 Å². The largest absolute Gasteiger partial charge is 0.300 e. The van der Waals surface area contributed by atoms with Crippen molar-refractivity contribution in [2.45, 2.75) is 57.8 Å². The predicted octanol–water partition coefficient (Wildman–Crippen LogP) is 4.43. The van der Waals surface area contributed by atoms with Gasteiger partial charge in [-0.05, 0) is 42.7 Å². The first kappa shape index (κ1) is 12.3. The zero-order valence-corrected chi connectivity index (χ0v) is 10.9. The monoisotopic (exact) mass is 230 g/mol. The standard InChI is InChI=1S/C16H22O/c1-12(11-13(2)17)14-7-9-16(10-8-14)15-5-3-4-6-15/h7-10,12,15H,3-6,11H2,1-2H3. The van der Waals surface area contributed by atoms with Crippen LogP contribution in [0.5, 0.6) is 0 Å². The van der Waals surface area contributed by atoms with Crippen LogP contribution in [-0.4, -0.2) is 5.78 Å². The van der Waals surface area contributed by atoms with Gasteiger partial charge in [-0.2, -0.15) is 0 Å². The van der Waals surface area contributed by atoms with E-state index in [1.807, 2.05) is 0 Å². The van der Waals surface area contributed by atoms with Crippen LogP contribution >= 0.6 is 0 Å². The molecule has 1 saturated carbocycles. The van der Waals surface area contributed by atoms with E-state index in [2.05, 4.69) is 31.2 Å². The molecule has 2 rings (SSSR count). The van der Waals surface area contributed by atoms with Crippen molar-refractivity contribution in [1.82, 2.24) is 0 Å². The Morgan fingerprint density at radius 2 is 1.82 bits per heavy atom. The molecule has 0 aromatic heterocycles. The van der Waals surface area contributed by atoms with E-state index < -0.39 is 0 Å². The van der Waals surface area contributed by atoms with E-state index in [1.54, 1.807) is 6.92 Å². The molecule has 0 amide bonds. The van der Waals surface area contributed by atoms with Crippen molar-refractivity contribution in [3.63, 3.8) is 0 Å². The quantitative estimate of drug-likeness (QED) is 0.748. The van der Waals surface area contributed by atoms with Gasteiger partial charge in [0.05, 0.1) is 0 Å². The molecule has 1 fully saturated rings. The molecule has 1 aromatic carbocycles. The highest BCUT2D eigenvalue weighted by Crippen LogP contribution is 2.34. The van der Waals surface area contributed by atoms with E-state index in [4.69, 9.17) is 0 Å². The van der Waals surface area contributed by atoms with Gasteiger partial charge in [0, 0.05) is 6.42 Å². The van der Waals surface area contributed by atoms with E-state index in [1.165, 1.54) is 36.8 Å². The lowest BCUT2D eigenvalue weighted by Gasteiger charge is -2.13. The van der Waals surface area contributed by atoms with Crippen LogP contribution in [0.25, 0.3) is 0 Å². The third-order valence-corrected chi connectivity index (χ3v) is 3.93. The summed E-state index contributed by atoms with van der Waals surface area (Å²) in [6.07, 6.45) is 6.12. The molecule has 1 aliphatic rings. The second kappa shape index (κ2) is 5.48. The van der Waals surface area contributed by atoms with Crippen LogP contribution in [0.3, 0.4) is 0 Å². The van der Waals surface area contributed by atoms with Crippen molar-refractivity contribution in [3.8, 4) is 0 Å². The zero-order chi connectivity index (χ0) is 12.3. The Morgan fingerprint density at radius 1 is 1.24 bits per heavy atom. The fourth-order valence-corrected chi connectivity index (χ4v) is 2.90. The molecule has 0 aliphatic heterocycles. The lowest BCUT2D eigenvalue weighted by molar-refractivity contribution is -0.117. The Kier molecular flexibility index (Phi) is 3.98. The van der Waals surface area contributed by atoms with Gasteiger partial charge in [-0.3, -0.25) is 0 Å². The Bertz CT molecular complexity index is 371. The fourth-order valence-electron chi connectivity index (χ4n) is 2.90. The number of hydrogen-bond donors (Lipinski definition) is 0. The first-order chi connectivity index (χ1) is 8.16. The Balaban J connectivity index is 2.04. The highest BCUT2D eigenvalue weighted by Gasteiger charge is 2.17. The van der Waals surface area contributed by atoms with Gasteiger partial charge in [-0.1, -0.05) is 44.0 Å². The van der Waals surface area contributed by atoms with Gasteiger partial charge in [0.25, 0.3) is 0 Å². The van der Waals surface area contributed by atoms with Gasteiger partial charge in [-0.25, -0.2) is 0 Å². The van der Waals surface area contributed by atoms with Gasteiger partial charge < -0.3 is 4.79 Å². The van der Waals surface area contributed by atoms with Crippen LogP contribution < -0.4 is 0 Å². The lowest BCUT2D eigenvalue weighted by atomic mass is 9.92. The zero-order valence-electron chi connectivity index (χ0n) is 10.9. The molecule has 0 heterocycles. The maximum absolute atomic E-state index is 11.1. The molecule has 1 aliphatic carbocycles. The summed E-state index contributed by atoms with van der Waals surface area (Å²) in [6, 6.07) is 8.95. The molecule has 1 atom stereocenters. The van der Waals surface area contributed by atoms with Crippen LogP contribution in [0.15, 0.2) is 24.3 Å². The van der Waals surface area contributed by atoms with Gasteiger partial charge in [0.2, 0.25) is 0 Å². The van der Waals surface area contributed by atoms with E-state index in [0.717, 1.165) is 5.92 Å². The molecule has 1 nitrogen and oxygen atoms in total. The minimum atomic E-state index is 0.275. The number of hydrogen-bond acceptors (Lipinski definition) is 1. The molecule has 0 bridgehead atoms. The predicted molar refractivity (Wildman–Crippen MR) is 71.4 cm³/mol. The Hall–Kier alpha value is -1.11. The highest BCUT2D eigenvalue weighted by atomic mass is 16.1. The summed E-state index contributed by atoms with van der Waals surface area (Å²) in [4.78, 5) is 11.1. The third-order valence-electron chi connectivity index (χ3n) is 3.93. The topological polar surface area (TPSA) is 17.1 Å². The van der Waals surface area contributed by atoms with Crippen LogP contribution in [0.4, 0.5) is 0 Å². The lowest BCUT2D eigenvalue weighted by Crippen LogP contribution is -2.01. The first-order valence-corrected chi connectivity index (χ1v) is 6.76. The van der Waals surface area contributed by atoms with Gasteiger partial charge >= 0.3 is 0 Å². The summed E-state index contributed by atoms with van der Waals surface area (Å²) < 4.78 is 0. The molecule has 0 N–H and O–H groups in total. The molecular formula is C16H22O. The SMILES string of the molecule is CC(=O)CC(C)c1ccc(C2CCCC2)cc1. The Morgan fingerprint density at radius 3 is 2.35 bits per heavy atom. The molecule has 0 spiro atoms. The third kappa shape index (κ3) is 3.18. The average Bonchev–Trinajstić information content (AvgIpc) is 2.82. The molecule has 1 heteroatoms. The second-order valence-corrected chi connectivity index (χ2v) is 5.46. The number of ketones is 1.